The van der Waals surface area contributed by atoms with Gasteiger partial charge in [-0.25, -0.2) is 0 Å². The number of rotatable bonds is 1. The molecule has 1 aliphatic carbocycles. The minimum atomic E-state index is -0.0440. The van der Waals surface area contributed by atoms with E-state index in [4.69, 9.17) is 0 Å². The maximum atomic E-state index is 10.6. The van der Waals surface area contributed by atoms with Gasteiger partial charge in [-0.1, -0.05) is 6.92 Å². The lowest BCUT2D eigenvalue weighted by Gasteiger charge is -1.91. The lowest BCUT2D eigenvalue weighted by Crippen LogP contribution is -2.02. The molecule has 0 aromatic rings. The molecule has 0 bridgehead atoms. The topological polar surface area (TPSA) is 26.3 Å². The molecule has 0 amide bonds. The summed E-state index contributed by atoms with van der Waals surface area (Å²) in [6, 6.07) is 0. The number of hydrogen-bond acceptors (Lipinski definition) is 2. The predicted molar refractivity (Wildman–Crippen MR) is 29.3 cm³/mol. The van der Waals surface area contributed by atoms with Crippen LogP contribution in [-0.2, 0) is 9.53 Å². The van der Waals surface area contributed by atoms with E-state index in [9.17, 15) is 4.79 Å². The van der Waals surface area contributed by atoms with Crippen LogP contribution in [0.2, 0.25) is 0 Å². The number of carbonyl (C=O) groups excluding carboxylic acids is 1. The Bertz CT molecular complexity index is 109. The Hall–Kier alpha value is -0.530. The van der Waals surface area contributed by atoms with Crippen LogP contribution in [0.1, 0.15) is 13.3 Å². The van der Waals surface area contributed by atoms with Crippen LogP contribution in [-0.4, -0.2) is 13.1 Å². The highest BCUT2D eigenvalue weighted by molar-refractivity contribution is 5.75. The Kier molecular flexibility index (Phi) is 1.24. The molecule has 46 valence electrons. The van der Waals surface area contributed by atoms with Crippen molar-refractivity contribution in [2.75, 3.05) is 7.11 Å². The SMILES string of the molecule is COC(=O)[C@H]1C[C@H]1C. The van der Waals surface area contributed by atoms with E-state index in [0.29, 0.717) is 5.92 Å². The van der Waals surface area contributed by atoms with Gasteiger partial charge >= 0.3 is 5.97 Å². The fourth-order valence-electron chi connectivity index (χ4n) is 0.802. The summed E-state index contributed by atoms with van der Waals surface area (Å²) in [5.74, 6) is 0.750. The normalized spacial score (nSPS) is 34.2. The Labute approximate surface area is 48.8 Å². The quantitative estimate of drug-likeness (QED) is 0.472. The molecule has 0 heterocycles. The van der Waals surface area contributed by atoms with Gasteiger partial charge in [-0.2, -0.15) is 0 Å². The van der Waals surface area contributed by atoms with Crippen LogP contribution in [0.3, 0.4) is 0 Å². The van der Waals surface area contributed by atoms with Gasteiger partial charge in [-0.3, -0.25) is 4.79 Å². The summed E-state index contributed by atoms with van der Waals surface area (Å²) in [4.78, 5) is 10.6. The molecule has 8 heavy (non-hydrogen) atoms. The van der Waals surface area contributed by atoms with E-state index in [2.05, 4.69) is 11.7 Å². The zero-order chi connectivity index (χ0) is 6.15. The number of carbonyl (C=O) groups is 1. The van der Waals surface area contributed by atoms with Gasteiger partial charge in [0.2, 0.25) is 0 Å². The summed E-state index contributed by atoms with van der Waals surface area (Å²) in [7, 11) is 1.44. The number of methoxy groups -OCH3 is 1. The van der Waals surface area contributed by atoms with Crippen LogP contribution in [0.4, 0.5) is 0 Å². The third-order valence-corrected chi connectivity index (χ3v) is 1.61. The van der Waals surface area contributed by atoms with Crippen molar-refractivity contribution in [1.29, 1.82) is 0 Å². The minimum absolute atomic E-state index is 0.0440. The zero-order valence-electron chi connectivity index (χ0n) is 5.18. The molecule has 1 aliphatic rings. The highest BCUT2D eigenvalue weighted by Crippen LogP contribution is 2.38. The average Bonchev–Trinajstić information content (AvgIpc) is 2.45. The standard InChI is InChI=1S/C6H10O2/c1-4-3-5(4)6(7)8-2/h4-5H,3H2,1-2H3/t4-,5+/m1/s1. The van der Waals surface area contributed by atoms with Crippen molar-refractivity contribution in [3.8, 4) is 0 Å². The second-order valence-corrected chi connectivity index (χ2v) is 2.34. The maximum Gasteiger partial charge on any atom is 0.308 e. The third kappa shape index (κ3) is 0.831. The van der Waals surface area contributed by atoms with Gasteiger partial charge in [-0.15, -0.1) is 0 Å². The number of esters is 1. The number of hydrogen-bond donors (Lipinski definition) is 0. The summed E-state index contributed by atoms with van der Waals surface area (Å²) < 4.78 is 4.51. The molecule has 2 atom stereocenters. The van der Waals surface area contributed by atoms with Gasteiger partial charge in [0.25, 0.3) is 0 Å². The first-order valence-electron chi connectivity index (χ1n) is 2.83. The lowest BCUT2D eigenvalue weighted by atomic mass is 10.3. The molecule has 0 aromatic heterocycles. The fraction of sp³-hybridized carbons (Fsp3) is 0.833. The van der Waals surface area contributed by atoms with E-state index >= 15 is 0 Å². The first kappa shape index (κ1) is 5.60. The second-order valence-electron chi connectivity index (χ2n) is 2.34. The van der Waals surface area contributed by atoms with E-state index in [1.807, 2.05) is 0 Å². The van der Waals surface area contributed by atoms with Gasteiger partial charge in [0.15, 0.2) is 0 Å². The first-order valence-corrected chi connectivity index (χ1v) is 2.83. The van der Waals surface area contributed by atoms with E-state index in [-0.39, 0.29) is 11.9 Å². The van der Waals surface area contributed by atoms with Crippen molar-refractivity contribution in [2.45, 2.75) is 13.3 Å². The summed E-state index contributed by atoms with van der Waals surface area (Å²) in [6.45, 7) is 2.06. The van der Waals surface area contributed by atoms with Crippen LogP contribution in [0.25, 0.3) is 0 Å². The molecule has 0 unspecified atom stereocenters. The van der Waals surface area contributed by atoms with Crippen LogP contribution in [0, 0.1) is 11.8 Å². The summed E-state index contributed by atoms with van der Waals surface area (Å²) >= 11 is 0. The van der Waals surface area contributed by atoms with Crippen molar-refractivity contribution in [1.82, 2.24) is 0 Å². The molecular formula is C6H10O2. The van der Waals surface area contributed by atoms with Gasteiger partial charge in [0.05, 0.1) is 13.0 Å². The van der Waals surface area contributed by atoms with Crippen molar-refractivity contribution < 1.29 is 9.53 Å². The van der Waals surface area contributed by atoms with Crippen LogP contribution >= 0.6 is 0 Å². The molecule has 2 nitrogen and oxygen atoms in total. The second kappa shape index (κ2) is 1.77. The molecule has 1 rings (SSSR count). The Morgan fingerprint density at radius 1 is 1.75 bits per heavy atom. The molecule has 0 spiro atoms. The highest BCUT2D eigenvalue weighted by Gasteiger charge is 2.39. The van der Waals surface area contributed by atoms with Crippen LogP contribution < -0.4 is 0 Å². The van der Waals surface area contributed by atoms with Gasteiger partial charge in [0.1, 0.15) is 0 Å². The Morgan fingerprint density at radius 3 is 2.38 bits per heavy atom. The third-order valence-electron chi connectivity index (χ3n) is 1.61. The molecule has 2 heteroatoms. The minimum Gasteiger partial charge on any atom is -0.469 e. The maximum absolute atomic E-state index is 10.6. The van der Waals surface area contributed by atoms with Crippen LogP contribution in [0.5, 0.6) is 0 Å². The molecule has 0 saturated heterocycles. The predicted octanol–water partition coefficient (Wildman–Crippen LogP) is 0.815. The van der Waals surface area contributed by atoms with Crippen molar-refractivity contribution in [3.05, 3.63) is 0 Å². The van der Waals surface area contributed by atoms with Crippen LogP contribution in [0.15, 0.2) is 0 Å². The molecule has 0 radical (unpaired) electrons. The summed E-state index contributed by atoms with van der Waals surface area (Å²) in [5.41, 5.74) is 0. The van der Waals surface area contributed by atoms with Gasteiger partial charge in [0, 0.05) is 0 Å². The van der Waals surface area contributed by atoms with E-state index in [0.717, 1.165) is 6.42 Å². The van der Waals surface area contributed by atoms with Gasteiger partial charge < -0.3 is 4.74 Å². The van der Waals surface area contributed by atoms with E-state index in [1.54, 1.807) is 0 Å². The lowest BCUT2D eigenvalue weighted by molar-refractivity contribution is -0.142. The van der Waals surface area contributed by atoms with Crippen molar-refractivity contribution in [3.63, 3.8) is 0 Å². The largest absolute Gasteiger partial charge is 0.469 e. The molecular weight excluding hydrogens is 104 g/mol. The monoisotopic (exact) mass is 114 g/mol. The average molecular weight is 114 g/mol. The zero-order valence-corrected chi connectivity index (χ0v) is 5.18. The smallest absolute Gasteiger partial charge is 0.308 e. The first-order chi connectivity index (χ1) is 3.75. The van der Waals surface area contributed by atoms with Crippen molar-refractivity contribution >= 4 is 5.97 Å². The molecule has 1 fully saturated rings. The molecule has 0 aliphatic heterocycles. The Balaban J connectivity index is 2.28. The van der Waals surface area contributed by atoms with Crippen molar-refractivity contribution in [2.24, 2.45) is 11.8 Å². The molecule has 0 aromatic carbocycles. The molecule has 0 N–H and O–H groups in total. The summed E-state index contributed by atoms with van der Waals surface area (Å²) in [6.07, 6.45) is 1.02. The van der Waals surface area contributed by atoms with E-state index < -0.39 is 0 Å². The van der Waals surface area contributed by atoms with Gasteiger partial charge in [-0.05, 0) is 12.3 Å². The molecule has 1 saturated carbocycles. The summed E-state index contributed by atoms with van der Waals surface area (Å²) in [5, 5.41) is 0. The highest BCUT2D eigenvalue weighted by atomic mass is 16.5. The Morgan fingerprint density at radius 2 is 2.25 bits per heavy atom. The van der Waals surface area contributed by atoms with E-state index in [1.165, 1.54) is 7.11 Å². The fourth-order valence-corrected chi connectivity index (χ4v) is 0.802. The number of ether oxygens (including phenoxy) is 1.